The van der Waals surface area contributed by atoms with E-state index in [1.807, 2.05) is 5.38 Å². The standard InChI is InChI=1S/C10H7BrClNOS/c11-8-5-15-10(13-8)9(14)6-1-3-7(12)4-2-6/h1-5,9,14H. The van der Waals surface area contributed by atoms with Crippen molar-refractivity contribution in [2.24, 2.45) is 0 Å². The molecule has 1 heterocycles. The van der Waals surface area contributed by atoms with Crippen molar-refractivity contribution in [3.63, 3.8) is 0 Å². The zero-order valence-electron chi connectivity index (χ0n) is 7.52. The van der Waals surface area contributed by atoms with Crippen LogP contribution in [0.5, 0.6) is 0 Å². The highest BCUT2D eigenvalue weighted by Crippen LogP contribution is 2.27. The minimum Gasteiger partial charge on any atom is -0.381 e. The molecule has 0 amide bonds. The molecule has 0 saturated carbocycles. The first kappa shape index (κ1) is 11.1. The molecule has 1 aromatic carbocycles. The van der Waals surface area contributed by atoms with E-state index >= 15 is 0 Å². The summed E-state index contributed by atoms with van der Waals surface area (Å²) in [5.41, 5.74) is 0.793. The zero-order valence-corrected chi connectivity index (χ0v) is 10.7. The molecule has 1 atom stereocenters. The van der Waals surface area contributed by atoms with Gasteiger partial charge in [0, 0.05) is 10.4 Å². The molecule has 0 aliphatic carbocycles. The molecule has 5 heteroatoms. The van der Waals surface area contributed by atoms with Crippen LogP contribution in [0.15, 0.2) is 34.2 Å². The van der Waals surface area contributed by atoms with Crippen molar-refractivity contribution in [1.29, 1.82) is 0 Å². The molecular formula is C10H7BrClNOS. The van der Waals surface area contributed by atoms with Crippen LogP contribution in [0.2, 0.25) is 5.02 Å². The Bertz CT molecular complexity index is 457. The van der Waals surface area contributed by atoms with Gasteiger partial charge in [0.25, 0.3) is 0 Å². The van der Waals surface area contributed by atoms with E-state index in [9.17, 15) is 5.11 Å². The average Bonchev–Trinajstić information content (AvgIpc) is 2.65. The number of halogens is 2. The zero-order chi connectivity index (χ0) is 10.8. The predicted octanol–water partition coefficient (Wildman–Crippen LogP) is 3.64. The number of benzene rings is 1. The smallest absolute Gasteiger partial charge is 0.131 e. The Hall–Kier alpha value is -0.420. The van der Waals surface area contributed by atoms with Gasteiger partial charge in [-0.25, -0.2) is 4.98 Å². The van der Waals surface area contributed by atoms with Crippen molar-refractivity contribution in [3.8, 4) is 0 Å². The Balaban J connectivity index is 2.28. The van der Waals surface area contributed by atoms with Gasteiger partial charge in [-0.3, -0.25) is 0 Å². The second-order valence-corrected chi connectivity index (χ2v) is 5.10. The van der Waals surface area contributed by atoms with Gasteiger partial charge in [0.2, 0.25) is 0 Å². The topological polar surface area (TPSA) is 33.1 Å². The first-order valence-corrected chi connectivity index (χ1v) is 6.26. The number of nitrogens with zero attached hydrogens (tertiary/aromatic N) is 1. The van der Waals surface area contributed by atoms with E-state index in [2.05, 4.69) is 20.9 Å². The lowest BCUT2D eigenvalue weighted by Crippen LogP contribution is -1.98. The number of aliphatic hydroxyl groups excluding tert-OH is 1. The van der Waals surface area contributed by atoms with Crippen LogP contribution in [0.1, 0.15) is 16.7 Å². The second-order valence-electron chi connectivity index (χ2n) is 2.96. The largest absolute Gasteiger partial charge is 0.381 e. The third-order valence-electron chi connectivity index (χ3n) is 1.91. The number of aliphatic hydroxyl groups is 1. The van der Waals surface area contributed by atoms with E-state index < -0.39 is 6.10 Å². The number of aromatic nitrogens is 1. The monoisotopic (exact) mass is 303 g/mol. The van der Waals surface area contributed by atoms with E-state index in [1.165, 1.54) is 11.3 Å². The lowest BCUT2D eigenvalue weighted by atomic mass is 10.1. The summed E-state index contributed by atoms with van der Waals surface area (Å²) in [6, 6.07) is 7.09. The normalized spacial score (nSPS) is 12.7. The molecule has 1 aromatic heterocycles. The van der Waals surface area contributed by atoms with Crippen molar-refractivity contribution in [2.45, 2.75) is 6.10 Å². The lowest BCUT2D eigenvalue weighted by Gasteiger charge is -2.07. The fourth-order valence-corrected chi connectivity index (χ4v) is 2.58. The molecule has 2 rings (SSSR count). The van der Waals surface area contributed by atoms with Gasteiger partial charge in [-0.1, -0.05) is 23.7 Å². The number of rotatable bonds is 2. The van der Waals surface area contributed by atoms with Crippen LogP contribution in [0, 0.1) is 0 Å². The van der Waals surface area contributed by atoms with Gasteiger partial charge in [-0.15, -0.1) is 11.3 Å². The van der Waals surface area contributed by atoms with E-state index in [-0.39, 0.29) is 0 Å². The molecule has 0 bridgehead atoms. The van der Waals surface area contributed by atoms with E-state index in [1.54, 1.807) is 24.3 Å². The fourth-order valence-electron chi connectivity index (χ4n) is 1.18. The summed E-state index contributed by atoms with van der Waals surface area (Å²) in [5.74, 6) is 0. The van der Waals surface area contributed by atoms with Crippen LogP contribution in [0.4, 0.5) is 0 Å². The van der Waals surface area contributed by atoms with Gasteiger partial charge < -0.3 is 5.11 Å². The van der Waals surface area contributed by atoms with Gasteiger partial charge in [-0.2, -0.15) is 0 Å². The summed E-state index contributed by atoms with van der Waals surface area (Å²) in [7, 11) is 0. The molecule has 2 aromatic rings. The first-order chi connectivity index (χ1) is 7.16. The molecule has 0 fully saturated rings. The highest BCUT2D eigenvalue weighted by molar-refractivity contribution is 9.10. The quantitative estimate of drug-likeness (QED) is 0.919. The molecule has 0 spiro atoms. The van der Waals surface area contributed by atoms with Crippen molar-refractivity contribution in [2.75, 3.05) is 0 Å². The van der Waals surface area contributed by atoms with Crippen molar-refractivity contribution < 1.29 is 5.11 Å². The van der Waals surface area contributed by atoms with Crippen LogP contribution in [0.3, 0.4) is 0 Å². The van der Waals surface area contributed by atoms with Crippen LogP contribution in [-0.2, 0) is 0 Å². The van der Waals surface area contributed by atoms with Crippen molar-refractivity contribution >= 4 is 38.9 Å². The molecule has 0 aliphatic rings. The third-order valence-corrected chi connectivity index (χ3v) is 3.77. The summed E-state index contributed by atoms with van der Waals surface area (Å²) in [6.45, 7) is 0. The third kappa shape index (κ3) is 2.58. The maximum atomic E-state index is 9.98. The van der Waals surface area contributed by atoms with Crippen molar-refractivity contribution in [3.05, 3.63) is 49.8 Å². The molecule has 1 N–H and O–H groups in total. The highest BCUT2D eigenvalue weighted by Gasteiger charge is 2.13. The molecule has 0 saturated heterocycles. The van der Waals surface area contributed by atoms with E-state index in [0.717, 1.165) is 10.2 Å². The maximum Gasteiger partial charge on any atom is 0.131 e. The Labute approximate surface area is 105 Å². The number of hydrogen-bond donors (Lipinski definition) is 1. The summed E-state index contributed by atoms with van der Waals surface area (Å²) in [5, 5.41) is 13.2. The van der Waals surface area contributed by atoms with E-state index in [0.29, 0.717) is 10.0 Å². The molecule has 15 heavy (non-hydrogen) atoms. The van der Waals surface area contributed by atoms with Gasteiger partial charge in [-0.05, 0) is 33.6 Å². The van der Waals surface area contributed by atoms with Crippen LogP contribution >= 0.6 is 38.9 Å². The van der Waals surface area contributed by atoms with Crippen LogP contribution in [0.25, 0.3) is 0 Å². The lowest BCUT2D eigenvalue weighted by molar-refractivity contribution is 0.219. The van der Waals surface area contributed by atoms with Gasteiger partial charge in [0.15, 0.2) is 0 Å². The van der Waals surface area contributed by atoms with E-state index in [4.69, 9.17) is 11.6 Å². The molecular weight excluding hydrogens is 298 g/mol. The summed E-state index contributed by atoms with van der Waals surface area (Å²) in [4.78, 5) is 4.16. The van der Waals surface area contributed by atoms with Gasteiger partial charge in [0.05, 0.1) is 0 Å². The summed E-state index contributed by atoms with van der Waals surface area (Å²) in [6.07, 6.45) is -0.682. The minimum atomic E-state index is -0.682. The molecule has 0 aliphatic heterocycles. The summed E-state index contributed by atoms with van der Waals surface area (Å²) < 4.78 is 0.746. The molecule has 0 radical (unpaired) electrons. The Morgan fingerprint density at radius 3 is 2.53 bits per heavy atom. The van der Waals surface area contributed by atoms with Crippen LogP contribution < -0.4 is 0 Å². The second kappa shape index (κ2) is 4.61. The number of hydrogen-bond acceptors (Lipinski definition) is 3. The van der Waals surface area contributed by atoms with Crippen LogP contribution in [-0.4, -0.2) is 10.1 Å². The predicted molar refractivity (Wildman–Crippen MR) is 65.3 cm³/mol. The Morgan fingerprint density at radius 2 is 2.00 bits per heavy atom. The molecule has 2 nitrogen and oxygen atoms in total. The molecule has 1 unspecified atom stereocenters. The SMILES string of the molecule is OC(c1ccc(Cl)cc1)c1nc(Br)cs1. The maximum absolute atomic E-state index is 9.98. The Kier molecular flexibility index (Phi) is 3.41. The molecule has 78 valence electrons. The average molecular weight is 305 g/mol. The Morgan fingerprint density at radius 1 is 1.33 bits per heavy atom. The van der Waals surface area contributed by atoms with Gasteiger partial charge in [0.1, 0.15) is 15.7 Å². The summed E-state index contributed by atoms with van der Waals surface area (Å²) >= 11 is 10.4. The first-order valence-electron chi connectivity index (χ1n) is 4.21. The van der Waals surface area contributed by atoms with Crippen molar-refractivity contribution in [1.82, 2.24) is 4.98 Å². The fraction of sp³-hybridized carbons (Fsp3) is 0.100. The minimum absolute atomic E-state index is 0.659. The highest BCUT2D eigenvalue weighted by atomic mass is 79.9. The number of thiazole rings is 1. The van der Waals surface area contributed by atoms with Gasteiger partial charge >= 0.3 is 0 Å².